The van der Waals surface area contributed by atoms with Gasteiger partial charge in [0.2, 0.25) is 11.1 Å². The molecule has 11 heteroatoms. The van der Waals surface area contributed by atoms with Gasteiger partial charge in [-0.25, -0.2) is 4.68 Å². The number of hydrogen-bond acceptors (Lipinski definition) is 7. The van der Waals surface area contributed by atoms with E-state index in [1.165, 1.54) is 28.1 Å². The molecule has 0 saturated carbocycles. The Bertz CT molecular complexity index is 868. The highest BCUT2D eigenvalue weighted by atomic mass is 32.2. The number of nitrogens with two attached hydrogens (primary N) is 1. The molecule has 1 amide bonds. The SMILES string of the molecule is Nn1c(SCC(=O)Nc2ccc(SC(F)F)cc2)nnc1-c1cccs1. The van der Waals surface area contributed by atoms with E-state index in [0.29, 0.717) is 33.3 Å². The lowest BCUT2D eigenvalue weighted by Crippen LogP contribution is -2.16. The number of nitrogen functional groups attached to an aromatic ring is 1. The van der Waals surface area contributed by atoms with Gasteiger partial charge in [0.15, 0.2) is 5.82 Å². The number of hydrogen-bond donors (Lipinski definition) is 2. The van der Waals surface area contributed by atoms with Crippen LogP contribution in [-0.4, -0.2) is 32.3 Å². The smallest absolute Gasteiger partial charge is 0.288 e. The number of carbonyl (C=O) groups excluding carboxylic acids is 1. The molecular weight excluding hydrogens is 400 g/mol. The van der Waals surface area contributed by atoms with Crippen molar-refractivity contribution in [1.82, 2.24) is 14.9 Å². The lowest BCUT2D eigenvalue weighted by Gasteiger charge is -2.06. The molecule has 0 fully saturated rings. The lowest BCUT2D eigenvalue weighted by atomic mass is 10.3. The largest absolute Gasteiger partial charge is 0.335 e. The maximum atomic E-state index is 12.3. The van der Waals surface area contributed by atoms with Crippen LogP contribution in [-0.2, 0) is 4.79 Å². The molecule has 0 aliphatic carbocycles. The number of aromatic nitrogens is 3. The third kappa shape index (κ3) is 4.74. The van der Waals surface area contributed by atoms with Crippen molar-refractivity contribution in [3.05, 3.63) is 41.8 Å². The van der Waals surface area contributed by atoms with Crippen molar-refractivity contribution in [2.45, 2.75) is 15.8 Å². The van der Waals surface area contributed by atoms with Gasteiger partial charge in [-0.05, 0) is 35.7 Å². The van der Waals surface area contributed by atoms with Crippen molar-refractivity contribution in [2.24, 2.45) is 0 Å². The number of thiophene rings is 1. The quantitative estimate of drug-likeness (QED) is 0.453. The van der Waals surface area contributed by atoms with Crippen LogP contribution >= 0.6 is 34.9 Å². The molecule has 0 aliphatic heterocycles. The van der Waals surface area contributed by atoms with E-state index >= 15 is 0 Å². The molecule has 2 aromatic heterocycles. The minimum atomic E-state index is -2.47. The summed E-state index contributed by atoms with van der Waals surface area (Å²) >= 11 is 3.11. The summed E-state index contributed by atoms with van der Waals surface area (Å²) in [4.78, 5) is 13.4. The molecule has 1 aromatic carbocycles. The highest BCUT2D eigenvalue weighted by Crippen LogP contribution is 2.27. The predicted octanol–water partition coefficient (Wildman–Crippen LogP) is 3.77. The van der Waals surface area contributed by atoms with Gasteiger partial charge in [-0.15, -0.1) is 21.5 Å². The first-order valence-corrected chi connectivity index (χ1v) is 9.99. The first kappa shape index (κ1) is 18.7. The first-order chi connectivity index (χ1) is 12.5. The van der Waals surface area contributed by atoms with Gasteiger partial charge in [0.25, 0.3) is 5.76 Å². The molecular formula is C15H13F2N5OS3. The number of anilines is 1. The van der Waals surface area contributed by atoms with Gasteiger partial charge in [-0.3, -0.25) is 4.79 Å². The summed E-state index contributed by atoms with van der Waals surface area (Å²) in [7, 11) is 0. The van der Waals surface area contributed by atoms with Crippen LogP contribution in [0.25, 0.3) is 10.7 Å². The van der Waals surface area contributed by atoms with E-state index in [9.17, 15) is 13.6 Å². The summed E-state index contributed by atoms with van der Waals surface area (Å²) in [5.41, 5.74) is 0.530. The molecule has 26 heavy (non-hydrogen) atoms. The number of benzene rings is 1. The molecule has 2 heterocycles. The molecule has 0 unspecified atom stereocenters. The van der Waals surface area contributed by atoms with E-state index in [2.05, 4.69) is 15.5 Å². The minimum Gasteiger partial charge on any atom is -0.335 e. The van der Waals surface area contributed by atoms with Gasteiger partial charge in [0.1, 0.15) is 0 Å². The van der Waals surface area contributed by atoms with Gasteiger partial charge in [-0.2, -0.15) is 8.78 Å². The van der Waals surface area contributed by atoms with Crippen molar-refractivity contribution in [3.63, 3.8) is 0 Å². The average molecular weight is 414 g/mol. The molecule has 3 aromatic rings. The zero-order valence-corrected chi connectivity index (χ0v) is 15.6. The zero-order valence-electron chi connectivity index (χ0n) is 13.1. The number of carbonyl (C=O) groups is 1. The fourth-order valence-electron chi connectivity index (χ4n) is 2.00. The number of nitrogens with one attached hydrogen (secondary N) is 1. The summed E-state index contributed by atoms with van der Waals surface area (Å²) in [5, 5.41) is 13.1. The van der Waals surface area contributed by atoms with Crippen molar-refractivity contribution >= 4 is 46.5 Å². The van der Waals surface area contributed by atoms with E-state index in [1.54, 1.807) is 12.1 Å². The van der Waals surface area contributed by atoms with Gasteiger partial charge in [0, 0.05) is 10.6 Å². The van der Waals surface area contributed by atoms with Gasteiger partial charge in [0.05, 0.1) is 10.6 Å². The Morgan fingerprint density at radius 3 is 2.69 bits per heavy atom. The standard InChI is InChI=1S/C15H13F2N5OS3/c16-14(17)26-10-5-3-9(4-6-10)19-12(23)8-25-15-21-20-13(22(15)18)11-2-1-7-24-11/h1-7,14H,8,18H2,(H,19,23). The van der Waals surface area contributed by atoms with Crippen molar-refractivity contribution in [1.29, 1.82) is 0 Å². The van der Waals surface area contributed by atoms with Crippen LogP contribution in [0.2, 0.25) is 0 Å². The second-order valence-corrected chi connectivity index (χ2v) is 7.85. The number of halogens is 2. The van der Waals surface area contributed by atoms with E-state index in [-0.39, 0.29) is 11.7 Å². The Morgan fingerprint density at radius 1 is 1.27 bits per heavy atom. The second-order valence-electron chi connectivity index (χ2n) is 4.89. The highest BCUT2D eigenvalue weighted by Gasteiger charge is 2.14. The molecule has 0 radical (unpaired) electrons. The zero-order chi connectivity index (χ0) is 18.5. The third-order valence-electron chi connectivity index (χ3n) is 3.10. The molecule has 136 valence electrons. The highest BCUT2D eigenvalue weighted by molar-refractivity contribution is 8.00. The number of thioether (sulfide) groups is 2. The van der Waals surface area contributed by atoms with E-state index in [4.69, 9.17) is 5.84 Å². The topological polar surface area (TPSA) is 85.8 Å². The van der Waals surface area contributed by atoms with Crippen LogP contribution in [0.15, 0.2) is 51.8 Å². The van der Waals surface area contributed by atoms with Crippen LogP contribution in [0, 0.1) is 0 Å². The Hall–Kier alpha value is -2.11. The normalized spacial score (nSPS) is 11.0. The van der Waals surface area contributed by atoms with Crippen LogP contribution in [0.1, 0.15) is 0 Å². The van der Waals surface area contributed by atoms with Crippen LogP contribution in [0.4, 0.5) is 14.5 Å². The monoisotopic (exact) mass is 413 g/mol. The summed E-state index contributed by atoms with van der Waals surface area (Å²) < 4.78 is 25.9. The lowest BCUT2D eigenvalue weighted by molar-refractivity contribution is -0.113. The van der Waals surface area contributed by atoms with Gasteiger partial charge in [-0.1, -0.05) is 29.6 Å². The number of alkyl halides is 2. The number of rotatable bonds is 7. The molecule has 0 atom stereocenters. The van der Waals surface area contributed by atoms with E-state index < -0.39 is 5.76 Å². The molecule has 3 N–H and O–H groups in total. The van der Waals surface area contributed by atoms with Gasteiger partial charge >= 0.3 is 0 Å². The predicted molar refractivity (Wildman–Crippen MR) is 101 cm³/mol. The van der Waals surface area contributed by atoms with Crippen LogP contribution < -0.4 is 11.2 Å². The Labute approximate surface area is 160 Å². The van der Waals surface area contributed by atoms with Crippen molar-refractivity contribution in [2.75, 3.05) is 16.9 Å². The Morgan fingerprint density at radius 2 is 2.04 bits per heavy atom. The summed E-state index contributed by atoms with van der Waals surface area (Å²) in [6.07, 6.45) is 0. The number of amides is 1. The first-order valence-electron chi connectivity index (χ1n) is 7.25. The summed E-state index contributed by atoms with van der Waals surface area (Å²) in [5.74, 6) is 3.87. The van der Waals surface area contributed by atoms with E-state index in [0.717, 1.165) is 16.6 Å². The van der Waals surface area contributed by atoms with Crippen molar-refractivity contribution in [3.8, 4) is 10.7 Å². The van der Waals surface area contributed by atoms with Gasteiger partial charge < -0.3 is 11.2 Å². The molecule has 0 spiro atoms. The van der Waals surface area contributed by atoms with Crippen molar-refractivity contribution < 1.29 is 13.6 Å². The Balaban J connectivity index is 1.54. The minimum absolute atomic E-state index is 0.0906. The number of nitrogens with zero attached hydrogens (tertiary/aromatic N) is 3. The van der Waals surface area contributed by atoms with Crippen LogP contribution in [0.3, 0.4) is 0 Å². The molecule has 0 saturated heterocycles. The third-order valence-corrected chi connectivity index (χ3v) is 5.63. The maximum Gasteiger partial charge on any atom is 0.288 e. The summed E-state index contributed by atoms with van der Waals surface area (Å²) in [6.45, 7) is 0. The van der Waals surface area contributed by atoms with E-state index in [1.807, 2.05) is 17.5 Å². The Kier molecular flexibility index (Phi) is 6.12. The average Bonchev–Trinajstić information content (AvgIpc) is 3.24. The summed E-state index contributed by atoms with van der Waals surface area (Å²) in [6, 6.07) is 9.99. The molecule has 3 rings (SSSR count). The fourth-order valence-corrected chi connectivity index (χ4v) is 3.86. The molecule has 0 bridgehead atoms. The van der Waals surface area contributed by atoms with Crippen LogP contribution in [0.5, 0.6) is 0 Å². The fraction of sp³-hybridized carbons (Fsp3) is 0.133. The second kappa shape index (κ2) is 8.52. The molecule has 6 nitrogen and oxygen atoms in total. The maximum absolute atomic E-state index is 12.3. The molecule has 0 aliphatic rings.